The predicted molar refractivity (Wildman–Crippen MR) is 121 cm³/mol. The van der Waals surface area contributed by atoms with Crippen LogP contribution in [0.25, 0.3) is 11.3 Å². The molecule has 2 unspecified atom stereocenters. The van der Waals surface area contributed by atoms with Gasteiger partial charge in [0, 0.05) is 42.6 Å². The number of pyridine rings is 1. The van der Waals surface area contributed by atoms with Crippen LogP contribution in [0.5, 0.6) is 5.75 Å². The molecule has 1 amide bonds. The van der Waals surface area contributed by atoms with Gasteiger partial charge in [0.05, 0.1) is 12.3 Å². The van der Waals surface area contributed by atoms with E-state index in [1.54, 1.807) is 14.0 Å². The zero-order valence-electron chi connectivity index (χ0n) is 18.4. The van der Waals surface area contributed by atoms with Crippen molar-refractivity contribution in [3.05, 3.63) is 82.5 Å². The largest absolute Gasteiger partial charge is 0.490 e. The maximum Gasteiger partial charge on any atom is 0.206 e. The fourth-order valence-electron chi connectivity index (χ4n) is 3.70. The number of carbonyl (C=O) groups is 1. The lowest BCUT2D eigenvalue weighted by Crippen LogP contribution is -2.16. The van der Waals surface area contributed by atoms with E-state index in [0.29, 0.717) is 36.6 Å². The molecule has 7 heteroatoms. The van der Waals surface area contributed by atoms with Crippen molar-refractivity contribution in [2.45, 2.75) is 25.7 Å². The fraction of sp³-hybridized carbons (Fsp3) is 0.280. The van der Waals surface area contributed by atoms with Crippen LogP contribution in [0, 0.1) is 18.6 Å². The second-order valence-electron chi connectivity index (χ2n) is 7.71. The number of hydrogen-bond donors (Lipinski definition) is 2. The molecule has 1 aliphatic heterocycles. The van der Waals surface area contributed by atoms with Crippen LogP contribution in [0.2, 0.25) is 0 Å². The van der Waals surface area contributed by atoms with Crippen LogP contribution in [-0.2, 0) is 4.79 Å². The summed E-state index contributed by atoms with van der Waals surface area (Å²) in [6.07, 6.45) is 0.625. The third kappa shape index (κ3) is 4.78. The number of hydrogen-bond acceptors (Lipinski definition) is 4. The summed E-state index contributed by atoms with van der Waals surface area (Å²) in [7, 11) is 1.56. The molecule has 32 heavy (non-hydrogen) atoms. The first-order valence-corrected chi connectivity index (χ1v) is 10.4. The third-order valence-electron chi connectivity index (χ3n) is 5.45. The van der Waals surface area contributed by atoms with Gasteiger partial charge in [-0.25, -0.2) is 13.8 Å². The first-order valence-electron chi connectivity index (χ1n) is 10.4. The van der Waals surface area contributed by atoms with E-state index < -0.39 is 11.6 Å². The highest BCUT2D eigenvalue weighted by Crippen LogP contribution is 2.43. The third-order valence-corrected chi connectivity index (χ3v) is 5.45. The van der Waals surface area contributed by atoms with Gasteiger partial charge >= 0.3 is 0 Å². The number of halogens is 2. The van der Waals surface area contributed by atoms with Crippen molar-refractivity contribution in [1.82, 2.24) is 10.3 Å². The average molecular weight is 440 g/mol. The molecule has 2 aromatic carbocycles. The molecular formula is C25H27F2N3O2. The number of aromatic nitrogens is 1. The topological polar surface area (TPSA) is 77.2 Å². The molecule has 0 saturated heterocycles. The van der Waals surface area contributed by atoms with Crippen molar-refractivity contribution in [3.63, 3.8) is 0 Å². The van der Waals surface area contributed by atoms with Crippen molar-refractivity contribution in [3.8, 4) is 17.0 Å². The summed E-state index contributed by atoms with van der Waals surface area (Å²) < 4.78 is 34.3. The summed E-state index contributed by atoms with van der Waals surface area (Å²) >= 11 is 0. The molecule has 1 aromatic heterocycles. The number of rotatable bonds is 5. The Morgan fingerprint density at radius 1 is 1.22 bits per heavy atom. The maximum absolute atomic E-state index is 14.7. The SMILES string of the molecule is CNC=O.Cc1cc(-c2nc(C(CN)c3ccccc3)cc3c2OCC3C)c(F)cc1F. The van der Waals surface area contributed by atoms with Crippen molar-refractivity contribution in [2.24, 2.45) is 5.73 Å². The molecule has 0 spiro atoms. The Bertz CT molecular complexity index is 1090. The van der Waals surface area contributed by atoms with E-state index in [1.807, 2.05) is 36.4 Å². The van der Waals surface area contributed by atoms with Crippen LogP contribution in [-0.4, -0.2) is 31.6 Å². The molecule has 1 aliphatic rings. The number of fused-ring (bicyclic) bond motifs is 1. The number of nitrogens with zero attached hydrogens (tertiary/aromatic N) is 1. The Kier molecular flexibility index (Phi) is 7.53. The van der Waals surface area contributed by atoms with Crippen LogP contribution >= 0.6 is 0 Å². The van der Waals surface area contributed by atoms with Crippen molar-refractivity contribution >= 4 is 6.41 Å². The van der Waals surface area contributed by atoms with E-state index in [4.69, 9.17) is 20.2 Å². The van der Waals surface area contributed by atoms with Gasteiger partial charge in [0.25, 0.3) is 0 Å². The molecule has 0 aliphatic carbocycles. The minimum atomic E-state index is -0.651. The Hall–Kier alpha value is -3.32. The number of nitrogens with one attached hydrogen (secondary N) is 1. The minimum Gasteiger partial charge on any atom is -0.490 e. The van der Waals surface area contributed by atoms with Gasteiger partial charge < -0.3 is 15.8 Å². The normalized spacial score (nSPS) is 15.1. The quantitative estimate of drug-likeness (QED) is 0.582. The van der Waals surface area contributed by atoms with E-state index in [9.17, 15) is 8.78 Å². The molecule has 0 saturated carbocycles. The maximum atomic E-state index is 14.7. The number of benzene rings is 2. The molecule has 3 aromatic rings. The molecular weight excluding hydrogens is 412 g/mol. The molecule has 2 atom stereocenters. The molecule has 4 rings (SSSR count). The highest BCUT2D eigenvalue weighted by molar-refractivity contribution is 5.71. The molecule has 5 nitrogen and oxygen atoms in total. The Morgan fingerprint density at radius 2 is 1.91 bits per heavy atom. The number of aryl methyl sites for hydroxylation is 1. The lowest BCUT2D eigenvalue weighted by molar-refractivity contribution is -0.109. The molecule has 0 bridgehead atoms. The summed E-state index contributed by atoms with van der Waals surface area (Å²) in [5, 5.41) is 2.25. The second kappa shape index (κ2) is 10.3. The van der Waals surface area contributed by atoms with E-state index in [2.05, 4.69) is 12.2 Å². The number of ether oxygens (including phenoxy) is 1. The van der Waals surface area contributed by atoms with Crippen LogP contribution in [0.4, 0.5) is 8.78 Å². The van der Waals surface area contributed by atoms with E-state index in [1.165, 1.54) is 6.07 Å². The molecule has 0 radical (unpaired) electrons. The Labute approximate surface area is 186 Å². The van der Waals surface area contributed by atoms with Gasteiger partial charge in [-0.1, -0.05) is 37.3 Å². The van der Waals surface area contributed by atoms with Gasteiger partial charge in [0.15, 0.2) is 0 Å². The lowest BCUT2D eigenvalue weighted by atomic mass is 9.91. The predicted octanol–water partition coefficient (Wildman–Crippen LogP) is 4.28. The zero-order chi connectivity index (χ0) is 23.3. The first kappa shape index (κ1) is 23.3. The number of amides is 1. The fourth-order valence-corrected chi connectivity index (χ4v) is 3.70. The average Bonchev–Trinajstić information content (AvgIpc) is 3.18. The molecule has 168 valence electrons. The van der Waals surface area contributed by atoms with Gasteiger partial charge in [0.2, 0.25) is 6.41 Å². The smallest absolute Gasteiger partial charge is 0.206 e. The van der Waals surface area contributed by atoms with Crippen molar-refractivity contribution in [2.75, 3.05) is 20.2 Å². The van der Waals surface area contributed by atoms with Crippen LogP contribution in [0.15, 0.2) is 48.5 Å². The summed E-state index contributed by atoms with van der Waals surface area (Å²) in [4.78, 5) is 13.8. The summed E-state index contributed by atoms with van der Waals surface area (Å²) in [6.45, 7) is 4.55. The summed E-state index contributed by atoms with van der Waals surface area (Å²) in [5.74, 6) is -0.614. The highest BCUT2D eigenvalue weighted by Gasteiger charge is 2.29. The Morgan fingerprint density at radius 3 is 2.53 bits per heavy atom. The van der Waals surface area contributed by atoms with Gasteiger partial charge in [-0.15, -0.1) is 0 Å². The van der Waals surface area contributed by atoms with Crippen LogP contribution < -0.4 is 15.8 Å². The lowest BCUT2D eigenvalue weighted by Gasteiger charge is -2.19. The standard InChI is InChI=1S/C23H22F2N2O.C2H5NO/c1-13-8-17(20(25)10-19(13)24)22-23-16(14(2)12-28-23)9-21(27-22)18(11-26)15-6-4-3-5-7-15;1-3-2-4/h3-10,14,18H,11-12,26H2,1-2H3;2H,1H3,(H,3,4). The number of nitrogens with two attached hydrogens (primary N) is 1. The summed E-state index contributed by atoms with van der Waals surface area (Å²) in [6, 6.07) is 14.3. The zero-order valence-corrected chi connectivity index (χ0v) is 18.4. The monoisotopic (exact) mass is 439 g/mol. The van der Waals surface area contributed by atoms with Gasteiger partial charge in [-0.2, -0.15) is 0 Å². The second-order valence-corrected chi connectivity index (χ2v) is 7.71. The number of carbonyl (C=O) groups excluding carboxylic acids is 1. The van der Waals surface area contributed by atoms with E-state index in [-0.39, 0.29) is 17.4 Å². The summed E-state index contributed by atoms with van der Waals surface area (Å²) in [5.41, 5.74) is 9.90. The van der Waals surface area contributed by atoms with Crippen LogP contribution in [0.1, 0.15) is 41.1 Å². The van der Waals surface area contributed by atoms with Gasteiger partial charge in [-0.3, -0.25) is 4.79 Å². The van der Waals surface area contributed by atoms with E-state index >= 15 is 0 Å². The highest BCUT2D eigenvalue weighted by atomic mass is 19.1. The van der Waals surface area contributed by atoms with Gasteiger partial charge in [-0.05, 0) is 30.2 Å². The van der Waals surface area contributed by atoms with Crippen molar-refractivity contribution < 1.29 is 18.3 Å². The molecule has 2 heterocycles. The van der Waals surface area contributed by atoms with Gasteiger partial charge in [0.1, 0.15) is 23.1 Å². The first-order chi connectivity index (χ1) is 15.4. The van der Waals surface area contributed by atoms with Crippen LogP contribution in [0.3, 0.4) is 0 Å². The van der Waals surface area contributed by atoms with E-state index in [0.717, 1.165) is 22.9 Å². The Balaban J connectivity index is 0.000000668. The minimum absolute atomic E-state index is 0.123. The molecule has 0 fully saturated rings. The molecule has 3 N–H and O–H groups in total. The van der Waals surface area contributed by atoms with Crippen molar-refractivity contribution in [1.29, 1.82) is 0 Å².